The van der Waals surface area contributed by atoms with Gasteiger partial charge in [0.15, 0.2) is 0 Å². The summed E-state index contributed by atoms with van der Waals surface area (Å²) >= 11 is 0. The van der Waals surface area contributed by atoms with Crippen LogP contribution in [0.5, 0.6) is 0 Å². The molecule has 102 valence electrons. The van der Waals surface area contributed by atoms with Crippen LogP contribution in [0.25, 0.3) is 32.3 Å². The first-order chi connectivity index (χ1) is 10.2. The molecule has 0 saturated heterocycles. The number of carboxylic acids is 1. The van der Waals surface area contributed by atoms with Crippen molar-refractivity contribution in [2.24, 2.45) is 0 Å². The van der Waals surface area contributed by atoms with Gasteiger partial charge < -0.3 is 5.11 Å². The first kappa shape index (κ1) is 12.2. The van der Waals surface area contributed by atoms with Gasteiger partial charge in [-0.2, -0.15) is 0 Å². The summed E-state index contributed by atoms with van der Waals surface area (Å²) in [5.41, 5.74) is 1.09. The van der Waals surface area contributed by atoms with Crippen molar-refractivity contribution in [3.8, 4) is 0 Å². The monoisotopic (exact) mass is 274 g/mol. The lowest BCUT2D eigenvalue weighted by Crippen LogP contribution is -1.97. The number of carbonyl (C=O) groups is 1. The molecule has 0 bridgehead atoms. The summed E-state index contributed by atoms with van der Waals surface area (Å²) in [7, 11) is 0. The summed E-state index contributed by atoms with van der Waals surface area (Å²) in [5.74, 6) is -0.750. The quantitative estimate of drug-likeness (QED) is 0.554. The molecule has 0 spiro atoms. The fourth-order valence-electron chi connectivity index (χ4n) is 3.21. The molecule has 4 aromatic rings. The second-order valence-electron chi connectivity index (χ2n) is 5.52. The molecule has 0 saturated carbocycles. The highest BCUT2D eigenvalue weighted by Crippen LogP contribution is 2.35. The third kappa shape index (κ3) is 1.91. The number of rotatable bonds is 3. The van der Waals surface area contributed by atoms with Crippen LogP contribution >= 0.6 is 0 Å². The van der Waals surface area contributed by atoms with Crippen molar-refractivity contribution < 1.29 is 9.90 Å². The van der Waals surface area contributed by atoms with Crippen molar-refractivity contribution >= 4 is 38.3 Å². The maximum absolute atomic E-state index is 10.8. The average Bonchev–Trinajstić information content (AvgIpc) is 2.50. The number of aliphatic carboxylic acids is 1. The van der Waals surface area contributed by atoms with Crippen LogP contribution in [0, 0.1) is 0 Å². The maximum Gasteiger partial charge on any atom is 0.303 e. The van der Waals surface area contributed by atoms with Gasteiger partial charge in [0.05, 0.1) is 0 Å². The van der Waals surface area contributed by atoms with Crippen LogP contribution in [0.2, 0.25) is 0 Å². The third-order valence-corrected chi connectivity index (χ3v) is 4.15. The van der Waals surface area contributed by atoms with Gasteiger partial charge in [0.25, 0.3) is 0 Å². The Labute approximate surface area is 122 Å². The van der Waals surface area contributed by atoms with E-state index in [1.165, 1.54) is 32.3 Å². The fraction of sp³-hybridized carbons (Fsp3) is 0.105. The molecule has 0 fully saturated rings. The Morgan fingerprint density at radius 1 is 0.810 bits per heavy atom. The lowest BCUT2D eigenvalue weighted by molar-refractivity contribution is -0.136. The Morgan fingerprint density at radius 2 is 1.33 bits per heavy atom. The van der Waals surface area contributed by atoms with E-state index in [2.05, 4.69) is 54.6 Å². The predicted molar refractivity (Wildman–Crippen MR) is 86.1 cm³/mol. The van der Waals surface area contributed by atoms with E-state index in [0.717, 1.165) is 5.56 Å². The van der Waals surface area contributed by atoms with Gasteiger partial charge in [0.2, 0.25) is 0 Å². The van der Waals surface area contributed by atoms with E-state index in [4.69, 9.17) is 5.11 Å². The summed E-state index contributed by atoms with van der Waals surface area (Å²) in [6.07, 6.45) is 0.749. The highest BCUT2D eigenvalue weighted by molar-refractivity contribution is 6.23. The molecule has 0 heterocycles. The average molecular weight is 274 g/mol. The molecule has 2 heteroatoms. The number of aryl methyl sites for hydroxylation is 1. The van der Waals surface area contributed by atoms with E-state index in [1.807, 2.05) is 0 Å². The van der Waals surface area contributed by atoms with Crippen LogP contribution in [-0.2, 0) is 11.2 Å². The van der Waals surface area contributed by atoms with E-state index < -0.39 is 5.97 Å². The van der Waals surface area contributed by atoms with E-state index in [9.17, 15) is 4.79 Å². The van der Waals surface area contributed by atoms with Gasteiger partial charge in [-0.15, -0.1) is 0 Å². The van der Waals surface area contributed by atoms with Crippen LogP contribution in [0.15, 0.2) is 54.6 Å². The van der Waals surface area contributed by atoms with Gasteiger partial charge in [-0.3, -0.25) is 4.79 Å². The topological polar surface area (TPSA) is 37.3 Å². The van der Waals surface area contributed by atoms with Crippen molar-refractivity contribution in [1.82, 2.24) is 0 Å². The van der Waals surface area contributed by atoms with Crippen molar-refractivity contribution in [3.05, 3.63) is 60.2 Å². The lowest BCUT2D eigenvalue weighted by atomic mass is 9.92. The highest BCUT2D eigenvalue weighted by Gasteiger charge is 2.09. The number of hydrogen-bond donors (Lipinski definition) is 1. The summed E-state index contributed by atoms with van der Waals surface area (Å²) in [5, 5.41) is 16.3. The standard InChI is InChI=1S/C19H14O2/c20-17(21)9-4-12-10-15-7-5-13-2-1-3-14-6-8-16(11-12)19(15)18(13)14/h1-3,5-8,10-11H,4,9H2,(H,20,21). The minimum absolute atomic E-state index is 0.174. The largest absolute Gasteiger partial charge is 0.481 e. The molecule has 0 amide bonds. The Bertz CT molecular complexity index is 905. The summed E-state index contributed by atoms with van der Waals surface area (Å²) in [6.45, 7) is 0. The van der Waals surface area contributed by atoms with Crippen LogP contribution in [0.3, 0.4) is 0 Å². The molecular formula is C19H14O2. The van der Waals surface area contributed by atoms with Gasteiger partial charge >= 0.3 is 5.97 Å². The maximum atomic E-state index is 10.8. The molecule has 0 radical (unpaired) electrons. The smallest absolute Gasteiger partial charge is 0.303 e. The van der Waals surface area contributed by atoms with Crippen LogP contribution in [0.4, 0.5) is 0 Å². The predicted octanol–water partition coefficient (Wildman–Crippen LogP) is 4.60. The second kappa shape index (κ2) is 4.45. The van der Waals surface area contributed by atoms with Crippen molar-refractivity contribution in [1.29, 1.82) is 0 Å². The first-order valence-electron chi connectivity index (χ1n) is 7.10. The van der Waals surface area contributed by atoms with Gasteiger partial charge in [-0.25, -0.2) is 0 Å². The Hall–Kier alpha value is -2.61. The van der Waals surface area contributed by atoms with Crippen molar-refractivity contribution in [2.75, 3.05) is 0 Å². The van der Waals surface area contributed by atoms with Crippen molar-refractivity contribution in [3.63, 3.8) is 0 Å². The highest BCUT2D eigenvalue weighted by atomic mass is 16.4. The zero-order chi connectivity index (χ0) is 14.4. The minimum Gasteiger partial charge on any atom is -0.481 e. The molecule has 0 atom stereocenters. The van der Waals surface area contributed by atoms with E-state index >= 15 is 0 Å². The van der Waals surface area contributed by atoms with Crippen LogP contribution in [0.1, 0.15) is 12.0 Å². The molecule has 0 aromatic heterocycles. The van der Waals surface area contributed by atoms with E-state index in [1.54, 1.807) is 0 Å². The molecule has 4 rings (SSSR count). The molecule has 21 heavy (non-hydrogen) atoms. The molecule has 0 aliphatic rings. The molecule has 0 aliphatic carbocycles. The SMILES string of the molecule is O=C(O)CCc1cc2ccc3cccc4ccc(c1)c2c34. The van der Waals surface area contributed by atoms with Gasteiger partial charge in [0, 0.05) is 6.42 Å². The zero-order valence-electron chi connectivity index (χ0n) is 11.5. The first-order valence-corrected chi connectivity index (χ1v) is 7.10. The minimum atomic E-state index is -0.750. The Morgan fingerprint density at radius 3 is 1.90 bits per heavy atom. The summed E-state index contributed by atoms with van der Waals surface area (Å²) in [6, 6.07) is 19.2. The molecular weight excluding hydrogens is 260 g/mol. The Kier molecular flexibility index (Phi) is 2.58. The summed E-state index contributed by atoms with van der Waals surface area (Å²) in [4.78, 5) is 10.8. The van der Waals surface area contributed by atoms with Gasteiger partial charge in [-0.1, -0.05) is 54.6 Å². The zero-order valence-corrected chi connectivity index (χ0v) is 11.5. The molecule has 0 unspecified atom stereocenters. The Balaban J connectivity index is 2.01. The number of benzene rings is 4. The van der Waals surface area contributed by atoms with Gasteiger partial charge in [0.1, 0.15) is 0 Å². The number of hydrogen-bond acceptors (Lipinski definition) is 1. The molecule has 0 aliphatic heterocycles. The molecule has 2 nitrogen and oxygen atoms in total. The van der Waals surface area contributed by atoms with E-state index in [-0.39, 0.29) is 6.42 Å². The third-order valence-electron chi connectivity index (χ3n) is 4.15. The summed E-state index contributed by atoms with van der Waals surface area (Å²) < 4.78 is 0. The van der Waals surface area contributed by atoms with Gasteiger partial charge in [-0.05, 0) is 44.3 Å². The second-order valence-corrected chi connectivity index (χ2v) is 5.52. The molecule has 4 aromatic carbocycles. The lowest BCUT2D eigenvalue weighted by Gasteiger charge is -2.12. The van der Waals surface area contributed by atoms with Crippen molar-refractivity contribution in [2.45, 2.75) is 12.8 Å². The van der Waals surface area contributed by atoms with E-state index in [0.29, 0.717) is 6.42 Å². The number of carboxylic acid groups (broad SMARTS) is 1. The molecule has 1 N–H and O–H groups in total. The normalized spacial score (nSPS) is 11.6. The fourth-order valence-corrected chi connectivity index (χ4v) is 3.21. The van der Waals surface area contributed by atoms with Crippen LogP contribution in [-0.4, -0.2) is 11.1 Å². The van der Waals surface area contributed by atoms with Crippen LogP contribution < -0.4 is 0 Å².